The predicted molar refractivity (Wildman–Crippen MR) is 110 cm³/mol. The molecule has 1 aliphatic rings. The van der Waals surface area contributed by atoms with Gasteiger partial charge in [-0.1, -0.05) is 31.3 Å². The maximum atomic E-state index is 12.5. The first-order valence-electron chi connectivity index (χ1n) is 8.99. The molecule has 2 aromatic heterocycles. The van der Waals surface area contributed by atoms with E-state index < -0.39 is 0 Å². The zero-order valence-corrected chi connectivity index (χ0v) is 16.6. The topological polar surface area (TPSA) is 91.8 Å². The minimum Gasteiger partial charge on any atom is -0.356 e. The summed E-state index contributed by atoms with van der Waals surface area (Å²) in [4.78, 5) is 26.1. The molecular weight excluding hydrogens is 360 g/mol. The van der Waals surface area contributed by atoms with E-state index in [9.17, 15) is 4.79 Å². The molecule has 0 aliphatic carbocycles. The van der Waals surface area contributed by atoms with Crippen molar-refractivity contribution in [2.24, 2.45) is 5.92 Å². The van der Waals surface area contributed by atoms with Gasteiger partial charge in [-0.05, 0) is 43.9 Å². The van der Waals surface area contributed by atoms with E-state index in [2.05, 4.69) is 57.7 Å². The summed E-state index contributed by atoms with van der Waals surface area (Å²) in [6, 6.07) is 5.87. The molecule has 3 heterocycles. The normalized spacial score (nSPS) is 16.2. The molecule has 0 fully saturated rings. The van der Waals surface area contributed by atoms with Crippen LogP contribution in [0, 0.1) is 19.8 Å². The first kappa shape index (κ1) is 17.7. The van der Waals surface area contributed by atoms with Crippen molar-refractivity contribution in [3.05, 3.63) is 29.6 Å². The Bertz CT molecular complexity index is 1030. The first-order valence-corrected chi connectivity index (χ1v) is 9.81. The molecule has 4 rings (SSSR count). The van der Waals surface area contributed by atoms with E-state index in [1.165, 1.54) is 5.56 Å². The largest absolute Gasteiger partial charge is 0.356 e. The van der Waals surface area contributed by atoms with E-state index in [-0.39, 0.29) is 11.9 Å². The average Bonchev–Trinajstić information content (AvgIpc) is 2.97. The van der Waals surface area contributed by atoms with Gasteiger partial charge in [0.15, 0.2) is 16.8 Å². The van der Waals surface area contributed by atoms with Gasteiger partial charge in [-0.3, -0.25) is 4.79 Å². The van der Waals surface area contributed by atoms with Gasteiger partial charge in [-0.15, -0.1) is 0 Å². The minimum atomic E-state index is -0.287. The zero-order chi connectivity index (χ0) is 19.1. The summed E-state index contributed by atoms with van der Waals surface area (Å²) in [5, 5.41) is 10.2. The van der Waals surface area contributed by atoms with E-state index in [0.29, 0.717) is 29.1 Å². The molecule has 0 saturated heterocycles. The molecule has 0 spiro atoms. The van der Waals surface area contributed by atoms with Crippen LogP contribution in [-0.4, -0.2) is 26.9 Å². The molecule has 3 N–H and O–H groups in total. The number of aromatic nitrogens is 3. The van der Waals surface area contributed by atoms with Crippen LogP contribution in [0.2, 0.25) is 0 Å². The van der Waals surface area contributed by atoms with E-state index in [1.807, 2.05) is 19.1 Å². The van der Waals surface area contributed by atoms with Crippen molar-refractivity contribution in [3.8, 4) is 0 Å². The lowest BCUT2D eigenvalue weighted by Gasteiger charge is -2.28. The molecule has 1 aromatic carbocycles. The number of hydrogen-bond donors (Lipinski definition) is 3. The maximum absolute atomic E-state index is 12.5. The fourth-order valence-corrected chi connectivity index (χ4v) is 4.11. The highest BCUT2D eigenvalue weighted by molar-refractivity contribution is 7.22. The molecule has 7 nitrogen and oxygen atoms in total. The Hall–Kier alpha value is -2.74. The Morgan fingerprint density at radius 2 is 2.04 bits per heavy atom. The number of aryl methyl sites for hydroxylation is 2. The number of amides is 1. The number of thiazole rings is 1. The van der Waals surface area contributed by atoms with Crippen LogP contribution in [0.4, 0.5) is 22.5 Å². The molecule has 0 saturated carbocycles. The highest BCUT2D eigenvalue weighted by Gasteiger charge is 2.29. The highest BCUT2D eigenvalue weighted by Crippen LogP contribution is 2.36. The fourth-order valence-electron chi connectivity index (χ4n) is 3.15. The summed E-state index contributed by atoms with van der Waals surface area (Å²) in [6.45, 7) is 8.09. The van der Waals surface area contributed by atoms with Crippen molar-refractivity contribution in [1.29, 1.82) is 0 Å². The fraction of sp³-hybridized carbons (Fsp3) is 0.368. The molecule has 140 valence electrons. The number of carbonyl (C=O) groups excluding carboxylic acids is 1. The zero-order valence-electron chi connectivity index (χ0n) is 15.8. The summed E-state index contributed by atoms with van der Waals surface area (Å²) >= 11 is 1.56. The van der Waals surface area contributed by atoms with E-state index in [0.717, 1.165) is 21.8 Å². The third-order valence-electron chi connectivity index (χ3n) is 4.37. The number of nitrogens with zero attached hydrogens (tertiary/aromatic N) is 3. The quantitative estimate of drug-likeness (QED) is 0.625. The molecule has 3 aromatic rings. The Kier molecular flexibility index (Phi) is 4.43. The number of benzene rings is 1. The van der Waals surface area contributed by atoms with Crippen molar-refractivity contribution in [2.45, 2.75) is 40.2 Å². The van der Waals surface area contributed by atoms with E-state index in [4.69, 9.17) is 0 Å². The minimum absolute atomic E-state index is 0.0633. The summed E-state index contributed by atoms with van der Waals surface area (Å²) < 4.78 is 1.11. The Labute approximate surface area is 161 Å². The SMILES string of the molecule is Cc1ccc2nc(Nc3nc(C)nc4c3NC(=O)C(CC(C)C)N4)sc2c1. The van der Waals surface area contributed by atoms with E-state index >= 15 is 0 Å². The van der Waals surface area contributed by atoms with Gasteiger partial charge in [0.05, 0.1) is 10.2 Å². The van der Waals surface area contributed by atoms with Crippen LogP contribution in [0.1, 0.15) is 31.7 Å². The van der Waals surface area contributed by atoms with Crippen molar-refractivity contribution in [3.63, 3.8) is 0 Å². The van der Waals surface area contributed by atoms with Gasteiger partial charge in [0.2, 0.25) is 5.91 Å². The molecule has 1 amide bonds. The third kappa shape index (κ3) is 3.57. The molecule has 8 heteroatoms. The number of carbonyl (C=O) groups is 1. The number of nitrogens with one attached hydrogen (secondary N) is 3. The van der Waals surface area contributed by atoms with Crippen molar-refractivity contribution < 1.29 is 4.79 Å². The molecule has 0 radical (unpaired) electrons. The summed E-state index contributed by atoms with van der Waals surface area (Å²) in [5.41, 5.74) is 2.70. The second-order valence-electron chi connectivity index (χ2n) is 7.27. The standard InChI is InChI=1S/C19H22N6OS/c1-9(2)7-13-18(26)24-15-16(22-13)20-11(4)21-17(15)25-19-23-12-6-5-10(3)8-14(12)27-19/h5-6,8-9,13H,7H2,1-4H3,(H,24,26)(H2,20,21,22,23,25). The first-order chi connectivity index (χ1) is 12.9. The van der Waals surface area contributed by atoms with Gasteiger partial charge in [-0.2, -0.15) is 0 Å². The van der Waals surface area contributed by atoms with Crippen LogP contribution in [-0.2, 0) is 4.79 Å². The maximum Gasteiger partial charge on any atom is 0.247 e. The number of rotatable bonds is 4. The Morgan fingerprint density at radius 1 is 1.22 bits per heavy atom. The number of hydrogen-bond acceptors (Lipinski definition) is 7. The smallest absolute Gasteiger partial charge is 0.247 e. The summed E-state index contributed by atoms with van der Waals surface area (Å²) in [6.07, 6.45) is 0.744. The lowest BCUT2D eigenvalue weighted by Crippen LogP contribution is -2.40. The summed E-state index contributed by atoms with van der Waals surface area (Å²) in [5.74, 6) is 2.16. The van der Waals surface area contributed by atoms with Crippen LogP contribution < -0.4 is 16.0 Å². The van der Waals surface area contributed by atoms with Gasteiger partial charge in [0.1, 0.15) is 17.6 Å². The van der Waals surface area contributed by atoms with Crippen LogP contribution >= 0.6 is 11.3 Å². The van der Waals surface area contributed by atoms with Crippen LogP contribution in [0.3, 0.4) is 0 Å². The second kappa shape index (κ2) is 6.77. The van der Waals surface area contributed by atoms with Gasteiger partial charge in [-0.25, -0.2) is 15.0 Å². The Morgan fingerprint density at radius 3 is 2.81 bits per heavy atom. The van der Waals surface area contributed by atoms with Crippen LogP contribution in [0.15, 0.2) is 18.2 Å². The van der Waals surface area contributed by atoms with Crippen LogP contribution in [0.5, 0.6) is 0 Å². The number of fused-ring (bicyclic) bond motifs is 2. The van der Waals surface area contributed by atoms with Crippen LogP contribution in [0.25, 0.3) is 10.2 Å². The van der Waals surface area contributed by atoms with Crippen molar-refractivity contribution >= 4 is 49.9 Å². The molecule has 0 bridgehead atoms. The second-order valence-corrected chi connectivity index (χ2v) is 8.30. The molecule has 1 aliphatic heterocycles. The highest BCUT2D eigenvalue weighted by atomic mass is 32.1. The van der Waals surface area contributed by atoms with Gasteiger partial charge in [0, 0.05) is 0 Å². The molecule has 1 atom stereocenters. The molecule has 27 heavy (non-hydrogen) atoms. The number of anilines is 4. The predicted octanol–water partition coefficient (Wildman–Crippen LogP) is 4.23. The lowest BCUT2D eigenvalue weighted by atomic mass is 10.0. The average molecular weight is 382 g/mol. The van der Waals surface area contributed by atoms with Crippen molar-refractivity contribution in [1.82, 2.24) is 15.0 Å². The summed E-state index contributed by atoms with van der Waals surface area (Å²) in [7, 11) is 0. The molecular formula is C19H22N6OS. The van der Waals surface area contributed by atoms with Gasteiger partial charge >= 0.3 is 0 Å². The van der Waals surface area contributed by atoms with Crippen molar-refractivity contribution in [2.75, 3.05) is 16.0 Å². The monoisotopic (exact) mass is 382 g/mol. The Balaban J connectivity index is 1.67. The molecule has 1 unspecified atom stereocenters. The van der Waals surface area contributed by atoms with Gasteiger partial charge in [0.25, 0.3) is 0 Å². The van der Waals surface area contributed by atoms with E-state index in [1.54, 1.807) is 11.3 Å². The van der Waals surface area contributed by atoms with Gasteiger partial charge < -0.3 is 16.0 Å². The lowest BCUT2D eigenvalue weighted by molar-refractivity contribution is -0.117. The third-order valence-corrected chi connectivity index (χ3v) is 5.31.